The van der Waals surface area contributed by atoms with Gasteiger partial charge in [-0.15, -0.1) is 0 Å². The largest absolute Gasteiger partial charge is 0.330 e. The van der Waals surface area contributed by atoms with Crippen molar-refractivity contribution in [3.63, 3.8) is 0 Å². The first-order valence-electron chi connectivity index (χ1n) is 11.3. The molecule has 0 aliphatic rings. The second-order valence-electron chi connectivity index (χ2n) is 8.15. The van der Waals surface area contributed by atoms with Crippen molar-refractivity contribution in [2.75, 3.05) is 9.81 Å². The molecule has 4 rings (SSSR count). The minimum atomic E-state index is -3.94. The van der Waals surface area contributed by atoms with E-state index in [-0.39, 0.29) is 15.0 Å². The van der Waals surface area contributed by atoms with Crippen molar-refractivity contribution in [3.8, 4) is 0 Å². The zero-order chi connectivity index (χ0) is 27.2. The fraction of sp³-hybridized carbons (Fsp3) is 0. The number of halogens is 3. The van der Waals surface area contributed by atoms with E-state index in [1.54, 1.807) is 60.7 Å². The molecule has 0 radical (unpaired) electrons. The minimum absolute atomic E-state index is 0.0275. The molecule has 0 fully saturated rings. The topological polar surface area (TPSA) is 75.3 Å². The average molecular weight is 604 g/mol. The fourth-order valence-electron chi connectivity index (χ4n) is 3.45. The van der Waals surface area contributed by atoms with Crippen LogP contribution in [-0.4, -0.2) is 8.42 Å². The average Bonchev–Trinajstić information content (AvgIpc) is 2.91. The van der Waals surface area contributed by atoms with Crippen molar-refractivity contribution in [1.29, 1.82) is 0 Å². The zero-order valence-electron chi connectivity index (χ0n) is 19.8. The first-order chi connectivity index (χ1) is 18.1. The van der Waals surface area contributed by atoms with E-state index in [0.29, 0.717) is 27.5 Å². The van der Waals surface area contributed by atoms with Gasteiger partial charge in [-0.05, 0) is 53.6 Å². The lowest BCUT2D eigenvalue weighted by molar-refractivity contribution is 0.589. The Balaban J connectivity index is 1.70. The predicted molar refractivity (Wildman–Crippen MR) is 160 cm³/mol. The molecule has 0 amide bonds. The summed E-state index contributed by atoms with van der Waals surface area (Å²) in [5.41, 5.74) is 2.00. The Morgan fingerprint density at radius 3 is 1.74 bits per heavy atom. The normalized spacial score (nSPS) is 14.0. The number of hydrogen-bond acceptors (Lipinski definition) is 3. The van der Waals surface area contributed by atoms with Gasteiger partial charge in [0.2, 0.25) is 7.29 Å². The molecule has 10 heteroatoms. The summed E-state index contributed by atoms with van der Waals surface area (Å²) >= 11 is 19.0. The number of hydrogen-bond donors (Lipinski definition) is 2. The number of nitrogens with one attached hydrogen (secondary N) is 2. The summed E-state index contributed by atoms with van der Waals surface area (Å²) in [6.07, 6.45) is 0. The molecular weight excluding hydrogens is 582 g/mol. The molecular formula is C28H22Cl3N2O3PS. The SMILES string of the molecule is O=P(C=C(Cl)c1ccccc1)(C=C(Cl)c1ccccc1)Nc1cccc(S(=O)(=O)Nc2ccc(Cl)cc2)c1. The summed E-state index contributed by atoms with van der Waals surface area (Å²) in [6.45, 7) is 0. The molecule has 0 aromatic heterocycles. The number of rotatable bonds is 9. The van der Waals surface area contributed by atoms with Crippen LogP contribution in [0.15, 0.2) is 126 Å². The van der Waals surface area contributed by atoms with Gasteiger partial charge in [-0.25, -0.2) is 8.42 Å². The van der Waals surface area contributed by atoms with Crippen molar-refractivity contribution in [3.05, 3.63) is 137 Å². The smallest absolute Gasteiger partial charge is 0.261 e. The Morgan fingerprint density at radius 1 is 0.684 bits per heavy atom. The van der Waals surface area contributed by atoms with Crippen molar-refractivity contribution >= 4 is 73.6 Å². The van der Waals surface area contributed by atoms with Crippen LogP contribution in [0.4, 0.5) is 11.4 Å². The monoisotopic (exact) mass is 602 g/mol. The van der Waals surface area contributed by atoms with Crippen molar-refractivity contribution < 1.29 is 13.0 Å². The van der Waals surface area contributed by atoms with E-state index in [0.717, 1.165) is 0 Å². The highest BCUT2D eigenvalue weighted by molar-refractivity contribution is 7.92. The van der Waals surface area contributed by atoms with E-state index in [1.807, 2.05) is 36.4 Å². The lowest BCUT2D eigenvalue weighted by atomic mass is 10.2. The number of benzene rings is 4. The van der Waals surface area contributed by atoms with Gasteiger partial charge in [0.05, 0.1) is 15.0 Å². The Hall–Kier alpha value is -2.99. The molecule has 0 heterocycles. The summed E-state index contributed by atoms with van der Waals surface area (Å²) in [7, 11) is -7.54. The van der Waals surface area contributed by atoms with Crippen LogP contribution in [0.1, 0.15) is 11.1 Å². The fourth-order valence-corrected chi connectivity index (χ4v) is 7.52. The molecule has 38 heavy (non-hydrogen) atoms. The first-order valence-corrected chi connectivity index (χ1v) is 15.7. The van der Waals surface area contributed by atoms with Gasteiger partial charge in [0.25, 0.3) is 10.0 Å². The van der Waals surface area contributed by atoms with Gasteiger partial charge in [-0.1, -0.05) is 102 Å². The van der Waals surface area contributed by atoms with Gasteiger partial charge in [-0.3, -0.25) is 9.29 Å². The Labute approximate surface area is 237 Å². The lowest BCUT2D eigenvalue weighted by Gasteiger charge is -2.17. The third kappa shape index (κ3) is 7.53. The van der Waals surface area contributed by atoms with Crippen LogP contribution < -0.4 is 9.81 Å². The third-order valence-corrected chi connectivity index (χ3v) is 9.74. The van der Waals surface area contributed by atoms with Crippen LogP contribution in [0.2, 0.25) is 5.02 Å². The Bertz CT molecular complexity index is 1570. The van der Waals surface area contributed by atoms with Crippen molar-refractivity contribution in [1.82, 2.24) is 0 Å². The van der Waals surface area contributed by atoms with Gasteiger partial charge in [0, 0.05) is 28.0 Å². The van der Waals surface area contributed by atoms with E-state index < -0.39 is 17.3 Å². The molecule has 4 aromatic carbocycles. The Morgan fingerprint density at radius 2 is 1.21 bits per heavy atom. The molecule has 0 bridgehead atoms. The van der Waals surface area contributed by atoms with Gasteiger partial charge >= 0.3 is 0 Å². The van der Waals surface area contributed by atoms with E-state index in [2.05, 4.69) is 9.81 Å². The van der Waals surface area contributed by atoms with Crippen LogP contribution in [0.25, 0.3) is 10.1 Å². The van der Waals surface area contributed by atoms with E-state index in [4.69, 9.17) is 34.8 Å². The second-order valence-corrected chi connectivity index (χ2v) is 13.2. The maximum absolute atomic E-state index is 14.2. The first kappa shape index (κ1) is 28.0. The summed E-state index contributed by atoms with van der Waals surface area (Å²) in [6, 6.07) is 30.4. The maximum Gasteiger partial charge on any atom is 0.261 e. The van der Waals surface area contributed by atoms with Gasteiger partial charge < -0.3 is 5.09 Å². The minimum Gasteiger partial charge on any atom is -0.330 e. The molecule has 5 nitrogen and oxygen atoms in total. The highest BCUT2D eigenvalue weighted by Gasteiger charge is 2.21. The summed E-state index contributed by atoms with van der Waals surface area (Å²) < 4.78 is 42.8. The van der Waals surface area contributed by atoms with Crippen LogP contribution in [0, 0.1) is 0 Å². The number of sulfonamides is 1. The summed E-state index contributed by atoms with van der Waals surface area (Å²) in [5.74, 6) is 2.81. The molecule has 0 spiro atoms. The second kappa shape index (κ2) is 12.2. The quantitative estimate of drug-likeness (QED) is 0.187. The van der Waals surface area contributed by atoms with Crippen molar-refractivity contribution in [2.45, 2.75) is 4.90 Å². The van der Waals surface area contributed by atoms with Crippen LogP contribution in [-0.2, 0) is 14.6 Å². The lowest BCUT2D eigenvalue weighted by Crippen LogP contribution is -2.13. The molecule has 4 aromatic rings. The molecule has 0 saturated heterocycles. The van der Waals surface area contributed by atoms with Crippen molar-refractivity contribution in [2.24, 2.45) is 0 Å². The van der Waals surface area contributed by atoms with Gasteiger partial charge in [0.15, 0.2) is 0 Å². The standard InChI is InChI=1S/C28H22Cl3N2O3PS/c29-23-14-16-24(17-15-23)33-38(35,36)26-13-7-12-25(18-26)32-37(34,19-27(30)21-8-3-1-4-9-21)20-28(31)22-10-5-2-6-11-22/h1-20,33H,(H,32,34). The molecule has 0 atom stereocenters. The summed E-state index contributed by atoms with van der Waals surface area (Å²) in [5, 5.41) is 3.96. The van der Waals surface area contributed by atoms with Crippen LogP contribution >= 0.6 is 42.1 Å². The predicted octanol–water partition coefficient (Wildman–Crippen LogP) is 9.31. The summed E-state index contributed by atoms with van der Waals surface area (Å²) in [4.78, 5) is -0.0275. The third-order valence-electron chi connectivity index (χ3n) is 5.25. The highest BCUT2D eigenvalue weighted by atomic mass is 35.5. The van der Waals surface area contributed by atoms with E-state index >= 15 is 0 Å². The zero-order valence-corrected chi connectivity index (χ0v) is 23.7. The molecule has 0 aliphatic heterocycles. The van der Waals surface area contributed by atoms with Crippen LogP contribution in [0.3, 0.4) is 0 Å². The molecule has 194 valence electrons. The van der Waals surface area contributed by atoms with E-state index in [9.17, 15) is 13.0 Å². The maximum atomic E-state index is 14.2. The van der Waals surface area contributed by atoms with Gasteiger partial charge in [-0.2, -0.15) is 0 Å². The number of anilines is 2. The molecule has 0 unspecified atom stereocenters. The Kier molecular flexibility index (Phi) is 9.03. The van der Waals surface area contributed by atoms with E-state index in [1.165, 1.54) is 23.8 Å². The molecule has 0 aliphatic carbocycles. The van der Waals surface area contributed by atoms with Gasteiger partial charge in [0.1, 0.15) is 0 Å². The molecule has 2 N–H and O–H groups in total. The highest BCUT2D eigenvalue weighted by Crippen LogP contribution is 2.53. The molecule has 0 saturated carbocycles. The van der Waals surface area contributed by atoms with Crippen LogP contribution in [0.5, 0.6) is 0 Å².